The van der Waals surface area contributed by atoms with Crippen molar-refractivity contribution >= 4 is 23.0 Å². The Morgan fingerprint density at radius 3 is 3.00 bits per heavy atom. The normalized spacial score (nSPS) is 17.2. The number of nitrogens with one attached hydrogen (secondary N) is 2. The number of hydrogen-bond donors (Lipinski definition) is 2. The van der Waals surface area contributed by atoms with Crippen molar-refractivity contribution in [2.75, 3.05) is 18.5 Å². The van der Waals surface area contributed by atoms with Crippen molar-refractivity contribution < 1.29 is 4.74 Å². The molecule has 1 saturated heterocycles. The molecule has 0 saturated carbocycles. The summed E-state index contributed by atoms with van der Waals surface area (Å²) in [4.78, 5) is 0. The maximum Gasteiger partial charge on any atom is 0.170 e. The smallest absolute Gasteiger partial charge is 0.170 e. The second kappa shape index (κ2) is 7.76. The Labute approximate surface area is 147 Å². The minimum absolute atomic E-state index is 0.269. The minimum Gasteiger partial charge on any atom is -0.376 e. The fourth-order valence-electron chi connectivity index (χ4n) is 2.84. The van der Waals surface area contributed by atoms with Crippen molar-refractivity contribution in [2.24, 2.45) is 0 Å². The van der Waals surface area contributed by atoms with Gasteiger partial charge in [0, 0.05) is 37.2 Å². The lowest BCUT2D eigenvalue weighted by Gasteiger charge is -2.13. The molecule has 1 fully saturated rings. The monoisotopic (exact) mass is 348 g/mol. The van der Waals surface area contributed by atoms with Gasteiger partial charge in [0.15, 0.2) is 5.11 Å². The van der Waals surface area contributed by atoms with Crippen LogP contribution in [-0.2, 0) is 17.8 Å². The van der Waals surface area contributed by atoms with Gasteiger partial charge in [-0.2, -0.15) is 10.2 Å². The largest absolute Gasteiger partial charge is 0.376 e. The molecule has 2 aromatic rings. The lowest BCUT2D eigenvalue weighted by Crippen LogP contribution is -2.34. The SMILES string of the molecule is CCn1ncc(Cn2cc(NC(=S)NCC3CCCO3)cn2)c1C. The Balaban J connectivity index is 1.51. The van der Waals surface area contributed by atoms with E-state index in [0.29, 0.717) is 11.7 Å². The van der Waals surface area contributed by atoms with Gasteiger partial charge in [0.2, 0.25) is 0 Å². The fourth-order valence-corrected chi connectivity index (χ4v) is 3.04. The molecule has 3 rings (SSSR count). The molecule has 8 heteroatoms. The van der Waals surface area contributed by atoms with E-state index in [0.717, 1.165) is 38.2 Å². The summed E-state index contributed by atoms with van der Waals surface area (Å²) in [6.45, 7) is 7.34. The van der Waals surface area contributed by atoms with Crippen molar-refractivity contribution in [3.8, 4) is 0 Å². The third kappa shape index (κ3) is 4.12. The van der Waals surface area contributed by atoms with E-state index in [1.165, 1.54) is 11.3 Å². The molecule has 0 bridgehead atoms. The highest BCUT2D eigenvalue weighted by atomic mass is 32.1. The molecule has 1 aliphatic rings. The van der Waals surface area contributed by atoms with E-state index < -0.39 is 0 Å². The van der Waals surface area contributed by atoms with Crippen LogP contribution in [0.5, 0.6) is 0 Å². The van der Waals surface area contributed by atoms with Crippen LogP contribution < -0.4 is 10.6 Å². The number of anilines is 1. The van der Waals surface area contributed by atoms with Crippen LogP contribution in [0.25, 0.3) is 0 Å². The van der Waals surface area contributed by atoms with Crippen LogP contribution in [0.3, 0.4) is 0 Å². The highest BCUT2D eigenvalue weighted by Gasteiger charge is 2.15. The summed E-state index contributed by atoms with van der Waals surface area (Å²) >= 11 is 5.32. The van der Waals surface area contributed by atoms with Gasteiger partial charge >= 0.3 is 0 Å². The van der Waals surface area contributed by atoms with E-state index >= 15 is 0 Å². The van der Waals surface area contributed by atoms with Gasteiger partial charge in [0.25, 0.3) is 0 Å². The molecule has 130 valence electrons. The predicted molar refractivity (Wildman–Crippen MR) is 97.2 cm³/mol. The molecule has 2 aromatic heterocycles. The van der Waals surface area contributed by atoms with Crippen molar-refractivity contribution in [1.29, 1.82) is 0 Å². The maximum atomic E-state index is 5.57. The minimum atomic E-state index is 0.269. The van der Waals surface area contributed by atoms with E-state index in [9.17, 15) is 0 Å². The molecule has 0 aliphatic carbocycles. The molecule has 0 radical (unpaired) electrons. The van der Waals surface area contributed by atoms with E-state index in [2.05, 4.69) is 34.7 Å². The fraction of sp³-hybridized carbons (Fsp3) is 0.562. The first-order chi connectivity index (χ1) is 11.7. The van der Waals surface area contributed by atoms with Crippen LogP contribution in [0.4, 0.5) is 5.69 Å². The lowest BCUT2D eigenvalue weighted by atomic mass is 10.2. The van der Waals surface area contributed by atoms with Crippen molar-refractivity contribution in [3.63, 3.8) is 0 Å². The third-order valence-electron chi connectivity index (χ3n) is 4.24. The van der Waals surface area contributed by atoms with Gasteiger partial charge in [-0.15, -0.1) is 0 Å². The van der Waals surface area contributed by atoms with Gasteiger partial charge in [0.1, 0.15) is 0 Å². The number of thiocarbonyl (C=S) groups is 1. The summed E-state index contributed by atoms with van der Waals surface area (Å²) in [6.07, 6.45) is 8.13. The Morgan fingerprint density at radius 2 is 2.29 bits per heavy atom. The molecule has 3 heterocycles. The molecule has 2 N–H and O–H groups in total. The second-order valence-corrected chi connectivity index (χ2v) is 6.38. The zero-order valence-corrected chi connectivity index (χ0v) is 15.0. The van der Waals surface area contributed by atoms with Crippen molar-refractivity contribution in [3.05, 3.63) is 29.8 Å². The van der Waals surface area contributed by atoms with Crippen LogP contribution in [0.2, 0.25) is 0 Å². The summed E-state index contributed by atoms with van der Waals surface area (Å²) in [5, 5.41) is 15.7. The summed E-state index contributed by atoms with van der Waals surface area (Å²) in [5.41, 5.74) is 3.22. The average Bonchev–Trinajstić information content (AvgIpc) is 3.29. The zero-order valence-electron chi connectivity index (χ0n) is 14.2. The number of hydrogen-bond acceptors (Lipinski definition) is 4. The standard InChI is InChI=1S/C16H24N6OS/c1-3-22-12(2)13(7-19-22)10-21-11-14(8-18-21)20-16(24)17-9-15-5-4-6-23-15/h7-8,11,15H,3-6,9-10H2,1-2H3,(H2,17,20,24). The van der Waals surface area contributed by atoms with Gasteiger partial charge in [-0.1, -0.05) is 0 Å². The van der Waals surface area contributed by atoms with Gasteiger partial charge in [-0.25, -0.2) is 0 Å². The number of nitrogens with zero attached hydrogens (tertiary/aromatic N) is 4. The highest BCUT2D eigenvalue weighted by Crippen LogP contribution is 2.12. The Morgan fingerprint density at radius 1 is 1.42 bits per heavy atom. The molecule has 0 aromatic carbocycles. The average molecular weight is 348 g/mol. The second-order valence-electron chi connectivity index (χ2n) is 5.97. The van der Waals surface area contributed by atoms with E-state index in [4.69, 9.17) is 17.0 Å². The van der Waals surface area contributed by atoms with Crippen molar-refractivity contribution in [2.45, 2.75) is 45.9 Å². The molecule has 24 heavy (non-hydrogen) atoms. The van der Waals surface area contributed by atoms with Gasteiger partial charge in [-0.05, 0) is 38.9 Å². The van der Waals surface area contributed by atoms with Crippen LogP contribution in [-0.4, -0.2) is 43.9 Å². The lowest BCUT2D eigenvalue weighted by molar-refractivity contribution is 0.114. The first kappa shape index (κ1) is 16.9. The molecular weight excluding hydrogens is 324 g/mol. The molecule has 1 atom stereocenters. The molecule has 0 spiro atoms. The van der Waals surface area contributed by atoms with E-state index in [1.54, 1.807) is 6.20 Å². The highest BCUT2D eigenvalue weighted by molar-refractivity contribution is 7.80. The first-order valence-electron chi connectivity index (χ1n) is 8.36. The van der Waals surface area contributed by atoms with Crippen LogP contribution >= 0.6 is 12.2 Å². The van der Waals surface area contributed by atoms with Crippen molar-refractivity contribution in [1.82, 2.24) is 24.9 Å². The third-order valence-corrected chi connectivity index (χ3v) is 4.49. The number of ether oxygens (including phenoxy) is 1. The summed E-state index contributed by atoms with van der Waals surface area (Å²) in [7, 11) is 0. The molecule has 7 nitrogen and oxygen atoms in total. The summed E-state index contributed by atoms with van der Waals surface area (Å²) in [6, 6.07) is 0. The predicted octanol–water partition coefficient (Wildman–Crippen LogP) is 1.92. The Hall–Kier alpha value is -1.93. The molecular formula is C16H24N6OS. The molecule has 1 unspecified atom stereocenters. The van der Waals surface area contributed by atoms with Gasteiger partial charge in [-0.3, -0.25) is 9.36 Å². The van der Waals surface area contributed by atoms with E-state index in [1.807, 2.05) is 21.8 Å². The molecule has 1 aliphatic heterocycles. The topological polar surface area (TPSA) is 68.9 Å². The Bertz CT molecular complexity index is 689. The molecule has 0 amide bonds. The maximum absolute atomic E-state index is 5.57. The zero-order chi connectivity index (χ0) is 16.9. The van der Waals surface area contributed by atoms with Gasteiger partial charge < -0.3 is 15.4 Å². The van der Waals surface area contributed by atoms with Crippen LogP contribution in [0.15, 0.2) is 18.6 Å². The summed E-state index contributed by atoms with van der Waals surface area (Å²) < 4.78 is 9.44. The first-order valence-corrected chi connectivity index (χ1v) is 8.76. The quantitative estimate of drug-likeness (QED) is 0.778. The van der Waals surface area contributed by atoms with Crippen LogP contribution in [0, 0.1) is 6.92 Å². The number of aromatic nitrogens is 4. The number of rotatable bonds is 6. The Kier molecular flexibility index (Phi) is 5.47. The van der Waals surface area contributed by atoms with Gasteiger partial charge in [0.05, 0.1) is 30.7 Å². The number of aryl methyl sites for hydroxylation is 1. The van der Waals surface area contributed by atoms with E-state index in [-0.39, 0.29) is 6.10 Å². The summed E-state index contributed by atoms with van der Waals surface area (Å²) in [5.74, 6) is 0. The van der Waals surface area contributed by atoms with Crippen LogP contribution in [0.1, 0.15) is 31.0 Å².